The minimum atomic E-state index is -0.442. The molecule has 0 aliphatic carbocycles. The molecule has 0 bridgehead atoms. The van der Waals surface area contributed by atoms with Crippen LogP contribution < -0.4 is 21.7 Å². The number of aromatic nitrogens is 2. The molecular formula is C14H17N3O3. The Morgan fingerprint density at radius 2 is 1.70 bits per heavy atom. The third-order valence-corrected chi connectivity index (χ3v) is 3.16. The van der Waals surface area contributed by atoms with Gasteiger partial charge in [0.25, 0.3) is 5.56 Å². The Bertz CT molecular complexity index is 742. The first-order chi connectivity index (χ1) is 9.47. The van der Waals surface area contributed by atoms with Gasteiger partial charge in [0.15, 0.2) is 0 Å². The highest BCUT2D eigenvalue weighted by Gasteiger charge is 2.14. The Labute approximate surface area is 116 Å². The highest BCUT2D eigenvalue weighted by atomic mass is 16.5. The number of ether oxygens (including phenoxy) is 1. The Kier molecular flexibility index (Phi) is 3.65. The average Bonchev–Trinajstić information content (AvgIpc) is 2.45. The lowest BCUT2D eigenvalue weighted by Crippen LogP contribution is -2.39. The Hall–Kier alpha value is -2.50. The molecule has 6 heteroatoms. The van der Waals surface area contributed by atoms with Gasteiger partial charge < -0.3 is 10.5 Å². The molecule has 106 valence electrons. The molecule has 6 nitrogen and oxygen atoms in total. The zero-order valence-electron chi connectivity index (χ0n) is 11.7. The molecule has 0 atom stereocenters. The van der Waals surface area contributed by atoms with Gasteiger partial charge in [-0.25, -0.2) is 4.79 Å². The topological polar surface area (TPSA) is 79.2 Å². The van der Waals surface area contributed by atoms with Gasteiger partial charge in [-0.2, -0.15) is 0 Å². The number of hydrogen-bond donors (Lipinski definition) is 1. The van der Waals surface area contributed by atoms with E-state index in [1.807, 2.05) is 6.92 Å². The predicted molar refractivity (Wildman–Crippen MR) is 77.9 cm³/mol. The largest absolute Gasteiger partial charge is 0.494 e. The van der Waals surface area contributed by atoms with Crippen molar-refractivity contribution in [2.45, 2.75) is 6.92 Å². The second-order valence-electron chi connectivity index (χ2n) is 4.42. The summed E-state index contributed by atoms with van der Waals surface area (Å²) in [4.78, 5) is 24.0. The molecule has 1 aromatic carbocycles. The summed E-state index contributed by atoms with van der Waals surface area (Å²) >= 11 is 0. The minimum absolute atomic E-state index is 0.155. The first-order valence-electron chi connectivity index (χ1n) is 6.26. The Balaban J connectivity index is 2.64. The zero-order valence-corrected chi connectivity index (χ0v) is 11.7. The second kappa shape index (κ2) is 5.24. The van der Waals surface area contributed by atoms with Crippen LogP contribution in [0.5, 0.6) is 5.75 Å². The fourth-order valence-electron chi connectivity index (χ4n) is 2.02. The van der Waals surface area contributed by atoms with Gasteiger partial charge in [-0.05, 0) is 24.6 Å². The molecule has 20 heavy (non-hydrogen) atoms. The van der Waals surface area contributed by atoms with E-state index in [2.05, 4.69) is 0 Å². The summed E-state index contributed by atoms with van der Waals surface area (Å²) in [6.45, 7) is 2.47. The van der Waals surface area contributed by atoms with Gasteiger partial charge in [0.2, 0.25) is 0 Å². The lowest BCUT2D eigenvalue weighted by molar-refractivity contribution is 0.340. The SMILES string of the molecule is CCOc1ccc(-c2c(N)n(C)c(=O)n(C)c2=O)cc1. The third kappa shape index (κ3) is 2.20. The average molecular weight is 275 g/mol. The molecule has 0 radical (unpaired) electrons. The maximum Gasteiger partial charge on any atom is 0.332 e. The van der Waals surface area contributed by atoms with E-state index in [-0.39, 0.29) is 5.82 Å². The van der Waals surface area contributed by atoms with Gasteiger partial charge in [-0.15, -0.1) is 0 Å². The predicted octanol–water partition coefficient (Wildman–Crippen LogP) is 0.732. The zero-order chi connectivity index (χ0) is 14.9. The minimum Gasteiger partial charge on any atom is -0.494 e. The van der Waals surface area contributed by atoms with Crippen LogP contribution in [0.25, 0.3) is 11.1 Å². The van der Waals surface area contributed by atoms with Crippen molar-refractivity contribution in [3.8, 4) is 16.9 Å². The van der Waals surface area contributed by atoms with Crippen molar-refractivity contribution in [3.05, 3.63) is 45.1 Å². The van der Waals surface area contributed by atoms with Crippen LogP contribution in [0.2, 0.25) is 0 Å². The molecule has 0 amide bonds. The van der Waals surface area contributed by atoms with Crippen molar-refractivity contribution in [2.75, 3.05) is 12.3 Å². The third-order valence-electron chi connectivity index (χ3n) is 3.16. The van der Waals surface area contributed by atoms with Crippen molar-refractivity contribution in [1.82, 2.24) is 9.13 Å². The van der Waals surface area contributed by atoms with Crippen LogP contribution in [-0.2, 0) is 14.1 Å². The van der Waals surface area contributed by atoms with E-state index in [9.17, 15) is 9.59 Å². The van der Waals surface area contributed by atoms with E-state index in [1.165, 1.54) is 18.7 Å². The smallest absolute Gasteiger partial charge is 0.332 e. The molecule has 0 fully saturated rings. The molecule has 1 aromatic heterocycles. The summed E-state index contributed by atoms with van der Waals surface area (Å²) in [6.07, 6.45) is 0. The van der Waals surface area contributed by atoms with E-state index < -0.39 is 11.2 Å². The molecule has 0 aliphatic rings. The number of nitrogens with two attached hydrogens (primary N) is 1. The van der Waals surface area contributed by atoms with Crippen LogP contribution in [-0.4, -0.2) is 15.7 Å². The van der Waals surface area contributed by atoms with Crippen molar-refractivity contribution in [1.29, 1.82) is 0 Å². The first kappa shape index (κ1) is 13.9. The molecule has 0 saturated heterocycles. The maximum atomic E-state index is 12.2. The Morgan fingerprint density at radius 1 is 1.10 bits per heavy atom. The van der Waals surface area contributed by atoms with Crippen molar-refractivity contribution in [2.24, 2.45) is 14.1 Å². The molecule has 2 rings (SSSR count). The van der Waals surface area contributed by atoms with Gasteiger partial charge in [-0.1, -0.05) is 12.1 Å². The van der Waals surface area contributed by atoms with Gasteiger partial charge in [-0.3, -0.25) is 13.9 Å². The second-order valence-corrected chi connectivity index (χ2v) is 4.42. The maximum absolute atomic E-state index is 12.2. The number of nitrogen functional groups attached to an aromatic ring is 1. The van der Waals surface area contributed by atoms with E-state index in [0.29, 0.717) is 17.7 Å². The van der Waals surface area contributed by atoms with Crippen LogP contribution in [0.1, 0.15) is 6.92 Å². The fourth-order valence-corrected chi connectivity index (χ4v) is 2.02. The lowest BCUT2D eigenvalue weighted by atomic mass is 10.1. The van der Waals surface area contributed by atoms with Crippen LogP contribution in [0.3, 0.4) is 0 Å². The summed E-state index contributed by atoms with van der Waals surface area (Å²) < 4.78 is 7.65. The fraction of sp³-hybridized carbons (Fsp3) is 0.286. The molecule has 0 aliphatic heterocycles. The van der Waals surface area contributed by atoms with Gasteiger partial charge >= 0.3 is 5.69 Å². The molecule has 2 N–H and O–H groups in total. The summed E-state index contributed by atoms with van der Waals surface area (Å²) in [6, 6.07) is 7.04. The van der Waals surface area contributed by atoms with Crippen LogP contribution in [0, 0.1) is 0 Å². The van der Waals surface area contributed by atoms with Gasteiger partial charge in [0, 0.05) is 14.1 Å². The van der Waals surface area contributed by atoms with Crippen LogP contribution in [0.4, 0.5) is 5.82 Å². The van der Waals surface area contributed by atoms with Crippen molar-refractivity contribution >= 4 is 5.82 Å². The quantitative estimate of drug-likeness (QED) is 0.895. The summed E-state index contributed by atoms with van der Waals surface area (Å²) in [7, 11) is 2.97. The van der Waals surface area contributed by atoms with Gasteiger partial charge in [0.1, 0.15) is 11.6 Å². The molecule has 1 heterocycles. The van der Waals surface area contributed by atoms with E-state index in [0.717, 1.165) is 10.3 Å². The first-order valence-corrected chi connectivity index (χ1v) is 6.26. The summed E-state index contributed by atoms with van der Waals surface area (Å²) in [5.41, 5.74) is 6.02. The number of benzene rings is 1. The molecule has 0 saturated carbocycles. The molecular weight excluding hydrogens is 258 g/mol. The molecule has 0 unspecified atom stereocenters. The highest BCUT2D eigenvalue weighted by molar-refractivity contribution is 5.73. The van der Waals surface area contributed by atoms with E-state index >= 15 is 0 Å². The van der Waals surface area contributed by atoms with Gasteiger partial charge in [0.05, 0.1) is 12.2 Å². The highest BCUT2D eigenvalue weighted by Crippen LogP contribution is 2.23. The lowest BCUT2D eigenvalue weighted by Gasteiger charge is -2.12. The number of rotatable bonds is 3. The normalized spacial score (nSPS) is 10.6. The van der Waals surface area contributed by atoms with Crippen molar-refractivity contribution < 1.29 is 4.74 Å². The van der Waals surface area contributed by atoms with E-state index in [1.54, 1.807) is 24.3 Å². The number of hydrogen-bond acceptors (Lipinski definition) is 4. The Morgan fingerprint density at radius 3 is 2.25 bits per heavy atom. The van der Waals surface area contributed by atoms with E-state index in [4.69, 9.17) is 10.5 Å². The van der Waals surface area contributed by atoms with Crippen LogP contribution in [0.15, 0.2) is 33.9 Å². The van der Waals surface area contributed by atoms with Crippen molar-refractivity contribution in [3.63, 3.8) is 0 Å². The standard InChI is InChI=1S/C14H17N3O3/c1-4-20-10-7-5-9(6-8-10)11-12(15)16(2)14(19)17(3)13(11)18/h5-8H,4,15H2,1-3H3. The molecule has 2 aromatic rings. The summed E-state index contributed by atoms with van der Waals surface area (Å²) in [5.74, 6) is 0.874. The number of anilines is 1. The molecule has 0 spiro atoms. The monoisotopic (exact) mass is 275 g/mol. The number of nitrogens with zero attached hydrogens (tertiary/aromatic N) is 2. The van der Waals surface area contributed by atoms with Crippen LogP contribution >= 0.6 is 0 Å². The summed E-state index contributed by atoms with van der Waals surface area (Å²) in [5, 5.41) is 0.